The SMILES string of the molecule is COc1cc(CNc2cccc([N+](=O)[O-])c2)cc(Cl)c1OCc1cccc2ccccc12. The van der Waals surface area contributed by atoms with Crippen LogP contribution in [0.1, 0.15) is 11.1 Å². The molecule has 4 rings (SSSR count). The zero-order valence-electron chi connectivity index (χ0n) is 17.4. The lowest BCUT2D eigenvalue weighted by Crippen LogP contribution is -2.03. The van der Waals surface area contributed by atoms with Gasteiger partial charge in [-0.1, -0.05) is 60.1 Å². The Balaban J connectivity index is 1.51. The number of methoxy groups -OCH3 is 1. The molecule has 0 heterocycles. The summed E-state index contributed by atoms with van der Waals surface area (Å²) in [6.07, 6.45) is 0. The van der Waals surface area contributed by atoms with E-state index in [2.05, 4.69) is 23.5 Å². The molecule has 0 aliphatic carbocycles. The number of non-ortho nitro benzene ring substituents is 1. The molecule has 0 aliphatic rings. The fourth-order valence-corrected chi connectivity index (χ4v) is 3.81. The quantitative estimate of drug-likeness (QED) is 0.243. The molecule has 0 saturated heterocycles. The monoisotopic (exact) mass is 448 g/mol. The zero-order chi connectivity index (χ0) is 22.5. The summed E-state index contributed by atoms with van der Waals surface area (Å²) in [6.45, 7) is 0.767. The van der Waals surface area contributed by atoms with Crippen molar-refractivity contribution < 1.29 is 14.4 Å². The number of nitrogens with one attached hydrogen (secondary N) is 1. The van der Waals surface area contributed by atoms with Gasteiger partial charge >= 0.3 is 0 Å². The van der Waals surface area contributed by atoms with Gasteiger partial charge in [0.1, 0.15) is 6.61 Å². The molecule has 6 nitrogen and oxygen atoms in total. The standard InChI is InChI=1S/C25H21ClN2O4/c1-31-24-13-17(15-27-20-9-5-10-21(14-20)28(29)30)12-23(26)25(24)32-16-19-8-4-7-18-6-2-3-11-22(18)19/h2-14,27H,15-16H2,1H3. The van der Waals surface area contributed by atoms with Crippen LogP contribution in [-0.2, 0) is 13.2 Å². The number of benzene rings is 4. The smallest absolute Gasteiger partial charge is 0.271 e. The van der Waals surface area contributed by atoms with Crippen LogP contribution < -0.4 is 14.8 Å². The molecule has 0 unspecified atom stereocenters. The first-order valence-corrected chi connectivity index (χ1v) is 10.4. The van der Waals surface area contributed by atoms with Crippen LogP contribution in [0, 0.1) is 10.1 Å². The highest BCUT2D eigenvalue weighted by Crippen LogP contribution is 2.37. The molecule has 0 radical (unpaired) electrons. The van der Waals surface area contributed by atoms with E-state index in [0.29, 0.717) is 35.4 Å². The molecular weight excluding hydrogens is 428 g/mol. The van der Waals surface area contributed by atoms with Gasteiger partial charge in [0.2, 0.25) is 0 Å². The second-order valence-corrected chi connectivity index (χ2v) is 7.60. The van der Waals surface area contributed by atoms with Crippen molar-refractivity contribution in [1.82, 2.24) is 0 Å². The molecule has 7 heteroatoms. The fraction of sp³-hybridized carbons (Fsp3) is 0.120. The Morgan fingerprint density at radius 1 is 1.00 bits per heavy atom. The number of rotatable bonds is 8. The molecule has 0 bridgehead atoms. The lowest BCUT2D eigenvalue weighted by Gasteiger charge is -2.16. The van der Waals surface area contributed by atoms with E-state index >= 15 is 0 Å². The average molecular weight is 449 g/mol. The number of nitrogens with zero attached hydrogens (tertiary/aromatic N) is 1. The van der Waals surface area contributed by atoms with E-state index in [9.17, 15) is 10.1 Å². The summed E-state index contributed by atoms with van der Waals surface area (Å²) < 4.78 is 11.6. The van der Waals surface area contributed by atoms with Crippen molar-refractivity contribution in [2.45, 2.75) is 13.2 Å². The highest BCUT2D eigenvalue weighted by atomic mass is 35.5. The summed E-state index contributed by atoms with van der Waals surface area (Å²) in [5.74, 6) is 0.995. The van der Waals surface area contributed by atoms with Crippen LogP contribution in [0.3, 0.4) is 0 Å². The summed E-state index contributed by atoms with van der Waals surface area (Å²) in [4.78, 5) is 10.5. The molecule has 0 aliphatic heterocycles. The number of hydrogen-bond acceptors (Lipinski definition) is 5. The molecule has 0 spiro atoms. The molecule has 0 aromatic heterocycles. The Bertz CT molecular complexity index is 1270. The predicted molar refractivity (Wildman–Crippen MR) is 127 cm³/mol. The van der Waals surface area contributed by atoms with Gasteiger partial charge in [-0.2, -0.15) is 0 Å². The van der Waals surface area contributed by atoms with Gasteiger partial charge in [0.15, 0.2) is 11.5 Å². The summed E-state index contributed by atoms with van der Waals surface area (Å²) >= 11 is 6.52. The van der Waals surface area contributed by atoms with Crippen LogP contribution in [-0.4, -0.2) is 12.0 Å². The van der Waals surface area contributed by atoms with Crippen LogP contribution in [0.15, 0.2) is 78.9 Å². The van der Waals surface area contributed by atoms with Gasteiger partial charge in [-0.05, 0) is 40.1 Å². The normalized spacial score (nSPS) is 10.7. The third-order valence-corrected chi connectivity index (χ3v) is 5.38. The van der Waals surface area contributed by atoms with E-state index in [4.69, 9.17) is 21.1 Å². The van der Waals surface area contributed by atoms with Gasteiger partial charge in [0.05, 0.1) is 17.1 Å². The van der Waals surface area contributed by atoms with Gasteiger partial charge in [-0.25, -0.2) is 0 Å². The van der Waals surface area contributed by atoms with Crippen molar-refractivity contribution in [2.75, 3.05) is 12.4 Å². The molecule has 32 heavy (non-hydrogen) atoms. The molecule has 1 N–H and O–H groups in total. The highest BCUT2D eigenvalue weighted by molar-refractivity contribution is 6.32. The topological polar surface area (TPSA) is 73.6 Å². The zero-order valence-corrected chi connectivity index (χ0v) is 18.1. The van der Waals surface area contributed by atoms with Gasteiger partial charge < -0.3 is 14.8 Å². The third-order valence-electron chi connectivity index (χ3n) is 5.09. The molecule has 0 amide bonds. The largest absolute Gasteiger partial charge is 0.493 e. The van der Waals surface area contributed by atoms with Crippen molar-refractivity contribution in [2.24, 2.45) is 0 Å². The lowest BCUT2D eigenvalue weighted by atomic mass is 10.1. The predicted octanol–water partition coefficient (Wildman–Crippen LogP) is 6.60. The van der Waals surface area contributed by atoms with Crippen LogP contribution >= 0.6 is 11.6 Å². The van der Waals surface area contributed by atoms with E-state index in [-0.39, 0.29) is 5.69 Å². The summed E-state index contributed by atoms with van der Waals surface area (Å²) in [5.41, 5.74) is 2.59. The number of nitro benzene ring substituents is 1. The second kappa shape index (κ2) is 9.58. The minimum absolute atomic E-state index is 0.0304. The minimum atomic E-state index is -0.423. The van der Waals surface area contributed by atoms with Crippen molar-refractivity contribution in [1.29, 1.82) is 0 Å². The second-order valence-electron chi connectivity index (χ2n) is 7.20. The first-order valence-electron chi connectivity index (χ1n) is 9.99. The van der Waals surface area contributed by atoms with E-state index in [1.807, 2.05) is 30.3 Å². The fourth-order valence-electron chi connectivity index (χ4n) is 3.52. The Hall–Kier alpha value is -3.77. The molecule has 0 fully saturated rings. The van der Waals surface area contributed by atoms with Crippen molar-refractivity contribution in [3.63, 3.8) is 0 Å². The van der Waals surface area contributed by atoms with Crippen molar-refractivity contribution >= 4 is 33.7 Å². The molecule has 162 valence electrons. The Morgan fingerprint density at radius 3 is 2.59 bits per heavy atom. The van der Waals surface area contributed by atoms with Gasteiger partial charge in [-0.15, -0.1) is 0 Å². The Morgan fingerprint density at radius 2 is 1.78 bits per heavy atom. The number of ether oxygens (including phenoxy) is 2. The number of halogens is 1. The number of anilines is 1. The van der Waals surface area contributed by atoms with Crippen LogP contribution in [0.2, 0.25) is 5.02 Å². The summed E-state index contributed by atoms with van der Waals surface area (Å²) in [5, 5.41) is 16.8. The van der Waals surface area contributed by atoms with Crippen LogP contribution in [0.25, 0.3) is 10.8 Å². The first kappa shape index (κ1) is 21.5. The summed E-state index contributed by atoms with van der Waals surface area (Å²) in [7, 11) is 1.56. The molecule has 0 saturated carbocycles. The van der Waals surface area contributed by atoms with E-state index in [1.165, 1.54) is 12.1 Å². The Labute approximate surface area is 190 Å². The first-order chi connectivity index (χ1) is 15.5. The molecular formula is C25H21ClN2O4. The third kappa shape index (κ3) is 4.76. The molecule has 4 aromatic rings. The lowest BCUT2D eigenvalue weighted by molar-refractivity contribution is -0.384. The average Bonchev–Trinajstić information content (AvgIpc) is 2.82. The van der Waals surface area contributed by atoms with Crippen LogP contribution in [0.4, 0.5) is 11.4 Å². The van der Waals surface area contributed by atoms with E-state index < -0.39 is 4.92 Å². The van der Waals surface area contributed by atoms with E-state index in [1.54, 1.807) is 25.3 Å². The number of fused-ring (bicyclic) bond motifs is 1. The number of hydrogen-bond donors (Lipinski definition) is 1. The van der Waals surface area contributed by atoms with Gasteiger partial charge in [-0.3, -0.25) is 10.1 Å². The Kier molecular flexibility index (Phi) is 6.42. The maximum Gasteiger partial charge on any atom is 0.271 e. The van der Waals surface area contributed by atoms with Gasteiger partial charge in [0.25, 0.3) is 5.69 Å². The van der Waals surface area contributed by atoms with Crippen molar-refractivity contribution in [3.8, 4) is 11.5 Å². The maximum absolute atomic E-state index is 11.0. The molecule has 4 aromatic carbocycles. The molecule has 0 atom stereocenters. The highest BCUT2D eigenvalue weighted by Gasteiger charge is 2.14. The van der Waals surface area contributed by atoms with E-state index in [0.717, 1.165) is 21.9 Å². The van der Waals surface area contributed by atoms with Crippen LogP contribution in [0.5, 0.6) is 11.5 Å². The summed E-state index contributed by atoms with van der Waals surface area (Å²) in [6, 6.07) is 24.2. The van der Waals surface area contributed by atoms with Gasteiger partial charge in [0, 0.05) is 24.4 Å². The number of nitro groups is 1. The maximum atomic E-state index is 11.0. The van der Waals surface area contributed by atoms with Crippen molar-refractivity contribution in [3.05, 3.63) is 105 Å². The minimum Gasteiger partial charge on any atom is -0.493 e.